The van der Waals surface area contributed by atoms with Crippen LogP contribution in [0.2, 0.25) is 0 Å². The van der Waals surface area contributed by atoms with Gasteiger partial charge >= 0.3 is 5.97 Å². The average molecular weight is 213 g/mol. The Morgan fingerprint density at radius 1 is 1.73 bits per heavy atom. The summed E-state index contributed by atoms with van der Waals surface area (Å²) in [7, 11) is 1.70. The van der Waals surface area contributed by atoms with Crippen LogP contribution in [0, 0.1) is 0 Å². The molecule has 6 nitrogen and oxygen atoms in total. The molecule has 0 fully saturated rings. The van der Waals surface area contributed by atoms with Gasteiger partial charge in [0, 0.05) is 7.05 Å². The first kappa shape index (κ1) is 11.7. The maximum absolute atomic E-state index is 10.6. The van der Waals surface area contributed by atoms with E-state index in [1.807, 2.05) is 6.92 Å². The zero-order chi connectivity index (χ0) is 11.3. The second-order valence-corrected chi connectivity index (χ2v) is 3.12. The Kier molecular flexibility index (Phi) is 4.26. The third kappa shape index (κ3) is 3.34. The highest BCUT2D eigenvalue weighted by Crippen LogP contribution is 2.02. The standard InChI is InChI=1S/C9H15N3O3/c1-3-4-15-10-6-7-5-8(9(13)14)11-12(7)2/h5,10H,3-4,6H2,1-2H3,(H,13,14). The molecule has 6 heteroatoms. The number of aromatic nitrogens is 2. The van der Waals surface area contributed by atoms with Crippen LogP contribution in [0.15, 0.2) is 6.07 Å². The van der Waals surface area contributed by atoms with Crippen LogP contribution in [0.25, 0.3) is 0 Å². The first-order valence-electron chi connectivity index (χ1n) is 4.76. The van der Waals surface area contributed by atoms with E-state index in [2.05, 4.69) is 10.6 Å². The van der Waals surface area contributed by atoms with Gasteiger partial charge in [0.15, 0.2) is 5.69 Å². The van der Waals surface area contributed by atoms with Gasteiger partial charge in [0.2, 0.25) is 0 Å². The van der Waals surface area contributed by atoms with E-state index in [4.69, 9.17) is 9.94 Å². The van der Waals surface area contributed by atoms with Crippen molar-refractivity contribution in [2.75, 3.05) is 6.61 Å². The van der Waals surface area contributed by atoms with Gasteiger partial charge in [0.25, 0.3) is 0 Å². The van der Waals surface area contributed by atoms with Gasteiger partial charge in [-0.25, -0.2) is 4.79 Å². The fourth-order valence-corrected chi connectivity index (χ4v) is 1.08. The van der Waals surface area contributed by atoms with Gasteiger partial charge in [0.1, 0.15) is 0 Å². The van der Waals surface area contributed by atoms with Gasteiger partial charge < -0.3 is 9.94 Å². The molecular formula is C9H15N3O3. The molecule has 0 bridgehead atoms. The van der Waals surface area contributed by atoms with Crippen LogP contribution >= 0.6 is 0 Å². The average Bonchev–Trinajstić information content (AvgIpc) is 2.55. The minimum atomic E-state index is -1.02. The molecule has 84 valence electrons. The van der Waals surface area contributed by atoms with E-state index in [0.29, 0.717) is 13.2 Å². The van der Waals surface area contributed by atoms with Gasteiger partial charge in [-0.15, -0.1) is 0 Å². The van der Waals surface area contributed by atoms with E-state index in [-0.39, 0.29) is 5.69 Å². The molecule has 0 aliphatic heterocycles. The predicted molar refractivity (Wildman–Crippen MR) is 53.3 cm³/mol. The number of aryl methyl sites for hydroxylation is 1. The summed E-state index contributed by atoms with van der Waals surface area (Å²) in [6.45, 7) is 3.08. The number of aromatic carboxylic acids is 1. The van der Waals surface area contributed by atoms with Gasteiger partial charge in [-0.2, -0.15) is 10.6 Å². The van der Waals surface area contributed by atoms with Crippen molar-refractivity contribution in [3.8, 4) is 0 Å². The zero-order valence-corrected chi connectivity index (χ0v) is 8.86. The molecule has 0 atom stereocenters. The fourth-order valence-electron chi connectivity index (χ4n) is 1.08. The Hall–Kier alpha value is -1.40. The number of hydrogen-bond donors (Lipinski definition) is 2. The van der Waals surface area contributed by atoms with Gasteiger partial charge in [-0.1, -0.05) is 6.92 Å². The lowest BCUT2D eigenvalue weighted by molar-refractivity contribution is 0.0358. The van der Waals surface area contributed by atoms with E-state index >= 15 is 0 Å². The Labute approximate surface area is 87.8 Å². The second kappa shape index (κ2) is 5.47. The summed E-state index contributed by atoms with van der Waals surface area (Å²) >= 11 is 0. The maximum Gasteiger partial charge on any atom is 0.356 e. The third-order valence-electron chi connectivity index (χ3n) is 1.86. The van der Waals surface area contributed by atoms with Crippen molar-refractivity contribution >= 4 is 5.97 Å². The van der Waals surface area contributed by atoms with Crippen molar-refractivity contribution in [1.29, 1.82) is 0 Å². The summed E-state index contributed by atoms with van der Waals surface area (Å²) in [6, 6.07) is 1.52. The molecule has 0 saturated carbocycles. The molecule has 15 heavy (non-hydrogen) atoms. The number of rotatable bonds is 6. The van der Waals surface area contributed by atoms with E-state index < -0.39 is 5.97 Å². The van der Waals surface area contributed by atoms with Crippen molar-refractivity contribution in [3.05, 3.63) is 17.5 Å². The van der Waals surface area contributed by atoms with Gasteiger partial charge in [-0.3, -0.25) is 4.68 Å². The summed E-state index contributed by atoms with van der Waals surface area (Å²) in [5, 5.41) is 12.5. The summed E-state index contributed by atoms with van der Waals surface area (Å²) in [5.41, 5.74) is 3.56. The highest BCUT2D eigenvalue weighted by molar-refractivity contribution is 5.85. The minimum Gasteiger partial charge on any atom is -0.476 e. The van der Waals surface area contributed by atoms with Crippen LogP contribution in [0.5, 0.6) is 0 Å². The first-order valence-corrected chi connectivity index (χ1v) is 4.76. The van der Waals surface area contributed by atoms with E-state index in [0.717, 1.165) is 12.1 Å². The lowest BCUT2D eigenvalue weighted by atomic mass is 10.3. The van der Waals surface area contributed by atoms with Crippen molar-refractivity contribution < 1.29 is 14.7 Å². The summed E-state index contributed by atoms with van der Waals surface area (Å²) < 4.78 is 1.52. The molecule has 0 aliphatic carbocycles. The molecule has 0 saturated heterocycles. The van der Waals surface area contributed by atoms with Crippen LogP contribution in [-0.4, -0.2) is 27.5 Å². The topological polar surface area (TPSA) is 76.4 Å². The van der Waals surface area contributed by atoms with Crippen molar-refractivity contribution in [1.82, 2.24) is 15.3 Å². The smallest absolute Gasteiger partial charge is 0.356 e. The van der Waals surface area contributed by atoms with Crippen LogP contribution in [0.1, 0.15) is 29.5 Å². The minimum absolute atomic E-state index is 0.0461. The zero-order valence-electron chi connectivity index (χ0n) is 8.86. The molecule has 1 aromatic rings. The summed E-state index contributed by atoms with van der Waals surface area (Å²) in [6.07, 6.45) is 0.929. The monoisotopic (exact) mass is 213 g/mol. The lowest BCUT2D eigenvalue weighted by Gasteiger charge is -2.04. The molecule has 0 aliphatic rings. The number of nitrogens with one attached hydrogen (secondary N) is 1. The highest BCUT2D eigenvalue weighted by Gasteiger charge is 2.10. The van der Waals surface area contributed by atoms with Crippen molar-refractivity contribution in [2.24, 2.45) is 7.05 Å². The van der Waals surface area contributed by atoms with E-state index in [9.17, 15) is 4.79 Å². The molecule has 2 N–H and O–H groups in total. The Bertz CT molecular complexity index is 335. The third-order valence-corrected chi connectivity index (χ3v) is 1.86. The SMILES string of the molecule is CCCONCc1cc(C(=O)O)nn1C. The van der Waals surface area contributed by atoms with Gasteiger partial charge in [-0.05, 0) is 12.5 Å². The predicted octanol–water partition coefficient (Wildman–Crippen LogP) is 0.549. The largest absolute Gasteiger partial charge is 0.476 e. The molecule has 0 aromatic carbocycles. The van der Waals surface area contributed by atoms with Crippen molar-refractivity contribution in [2.45, 2.75) is 19.9 Å². The van der Waals surface area contributed by atoms with Crippen LogP contribution in [0.4, 0.5) is 0 Å². The molecule has 1 heterocycles. The quantitative estimate of drug-likeness (QED) is 0.533. The molecule has 0 radical (unpaired) electrons. The van der Waals surface area contributed by atoms with Crippen LogP contribution in [-0.2, 0) is 18.4 Å². The molecule has 1 rings (SSSR count). The molecule has 0 amide bonds. The maximum atomic E-state index is 10.6. The summed E-state index contributed by atoms with van der Waals surface area (Å²) in [4.78, 5) is 15.7. The number of hydroxylamine groups is 1. The first-order chi connectivity index (χ1) is 7.15. The molecular weight excluding hydrogens is 198 g/mol. The van der Waals surface area contributed by atoms with Crippen molar-refractivity contribution in [3.63, 3.8) is 0 Å². The second-order valence-electron chi connectivity index (χ2n) is 3.12. The molecule has 1 aromatic heterocycles. The Balaban J connectivity index is 2.50. The normalized spacial score (nSPS) is 10.5. The van der Waals surface area contributed by atoms with E-state index in [1.165, 1.54) is 10.7 Å². The molecule has 0 unspecified atom stereocenters. The summed E-state index contributed by atoms with van der Waals surface area (Å²) in [5.74, 6) is -1.02. The highest BCUT2D eigenvalue weighted by atomic mass is 16.6. The fraction of sp³-hybridized carbons (Fsp3) is 0.556. The van der Waals surface area contributed by atoms with Crippen LogP contribution < -0.4 is 5.48 Å². The number of carboxylic acids is 1. The van der Waals surface area contributed by atoms with Gasteiger partial charge in [0.05, 0.1) is 18.8 Å². The van der Waals surface area contributed by atoms with Crippen LogP contribution in [0.3, 0.4) is 0 Å². The van der Waals surface area contributed by atoms with E-state index in [1.54, 1.807) is 7.05 Å². The number of hydrogen-bond acceptors (Lipinski definition) is 4. The molecule has 0 spiro atoms. The Morgan fingerprint density at radius 3 is 3.00 bits per heavy atom. The lowest BCUT2D eigenvalue weighted by Crippen LogP contribution is -2.16. The Morgan fingerprint density at radius 2 is 2.47 bits per heavy atom. The number of carbonyl (C=O) groups is 1. The number of carboxylic acid groups (broad SMARTS) is 1. The number of nitrogens with zero attached hydrogens (tertiary/aromatic N) is 2.